The minimum absolute atomic E-state index is 0.0604. The van der Waals surface area contributed by atoms with Gasteiger partial charge in [0.25, 0.3) is 0 Å². The number of carbonyl (C=O) groups is 1. The number of halogens is 2. The highest BCUT2D eigenvalue weighted by molar-refractivity contribution is 7.92. The number of carbonyl (C=O) groups excluding carboxylic acids is 1. The van der Waals surface area contributed by atoms with Gasteiger partial charge >= 0.3 is 6.09 Å². The number of hydrogen-bond donors (Lipinski definition) is 1. The maximum atomic E-state index is 13.4. The van der Waals surface area contributed by atoms with E-state index < -0.39 is 33.7 Å². The van der Waals surface area contributed by atoms with Gasteiger partial charge in [0.05, 0.1) is 39.9 Å². The van der Waals surface area contributed by atoms with E-state index >= 15 is 0 Å². The molecule has 1 amide bonds. The van der Waals surface area contributed by atoms with Gasteiger partial charge in [0.2, 0.25) is 9.84 Å². The van der Waals surface area contributed by atoms with Gasteiger partial charge in [0.15, 0.2) is 0 Å². The van der Waals surface area contributed by atoms with Gasteiger partial charge in [0.1, 0.15) is 5.60 Å². The van der Waals surface area contributed by atoms with E-state index in [1.807, 2.05) is 4.90 Å². The first-order chi connectivity index (χ1) is 15.4. The van der Waals surface area contributed by atoms with Crippen molar-refractivity contribution in [2.24, 2.45) is 0 Å². The van der Waals surface area contributed by atoms with Crippen molar-refractivity contribution >= 4 is 50.5 Å². The minimum Gasteiger partial charge on any atom is -0.444 e. The monoisotopic (exact) mass is 512 g/mol. The number of likely N-dealkylation sites (tertiary alicyclic amines) is 1. The Hall–Kier alpha value is -2.00. The lowest BCUT2D eigenvalue weighted by Crippen LogP contribution is -2.47. The lowest BCUT2D eigenvalue weighted by atomic mass is 10.0. The fourth-order valence-corrected chi connectivity index (χ4v) is 6.48. The second-order valence-corrected chi connectivity index (χ2v) is 12.1. The zero-order chi connectivity index (χ0) is 24.1. The van der Waals surface area contributed by atoms with Gasteiger partial charge in [-0.15, -0.1) is 0 Å². The molecule has 0 spiro atoms. The summed E-state index contributed by atoms with van der Waals surface area (Å²) in [6.07, 6.45) is -0.295. The number of ether oxygens (including phenoxy) is 1. The number of benzene rings is 2. The number of nitrogens with zero attached hydrogens (tertiary/aromatic N) is 2. The first-order valence-electron chi connectivity index (χ1n) is 10.7. The average Bonchev–Trinajstić information content (AvgIpc) is 2.90. The van der Waals surface area contributed by atoms with Crippen molar-refractivity contribution in [3.8, 4) is 0 Å². The van der Waals surface area contributed by atoms with Crippen LogP contribution in [0.3, 0.4) is 0 Å². The summed E-state index contributed by atoms with van der Waals surface area (Å²) >= 11 is 12.3. The number of β-amino-alcohol motifs (C(OH)–C–C–N with tert-alkyl or cyclic N) is 1. The SMILES string of the molecule is CC(C)(C)OC(=O)N1CCC[C@@H](N2c3ccc(Cl)cc3S(=O)(=O)c3cc(Cl)ccc32)[C@H](O)C1. The summed E-state index contributed by atoms with van der Waals surface area (Å²) in [5, 5.41) is 11.8. The highest BCUT2D eigenvalue weighted by Crippen LogP contribution is 2.47. The molecule has 1 saturated heterocycles. The van der Waals surface area contributed by atoms with Crippen molar-refractivity contribution in [3.05, 3.63) is 46.4 Å². The molecule has 4 rings (SSSR count). The Balaban J connectivity index is 1.76. The standard InChI is InChI=1S/C23H26Cl2N2O5S/c1-23(2,3)32-22(29)26-10-4-5-16(19(28)13-26)27-17-8-6-14(24)11-20(17)33(30,31)21-12-15(25)7-9-18(21)27/h6-9,11-12,16,19,28H,4-5,10,13H2,1-3H3/t16-,19-/m1/s1. The second-order valence-electron chi connectivity index (χ2n) is 9.30. The largest absolute Gasteiger partial charge is 0.444 e. The molecule has 0 saturated carbocycles. The van der Waals surface area contributed by atoms with Crippen LogP contribution in [0, 0.1) is 0 Å². The molecule has 1 N–H and O–H groups in total. The van der Waals surface area contributed by atoms with Gasteiger partial charge in [-0.2, -0.15) is 0 Å². The number of anilines is 2. The van der Waals surface area contributed by atoms with Crippen molar-refractivity contribution in [1.82, 2.24) is 4.90 Å². The van der Waals surface area contributed by atoms with Crippen molar-refractivity contribution < 1.29 is 23.1 Å². The van der Waals surface area contributed by atoms with Gasteiger partial charge in [-0.3, -0.25) is 0 Å². The highest BCUT2D eigenvalue weighted by atomic mass is 35.5. The number of aliphatic hydroxyl groups excluding tert-OH is 1. The molecule has 2 aliphatic heterocycles. The van der Waals surface area contributed by atoms with Gasteiger partial charge in [-0.05, 0) is 70.0 Å². The first kappa shape index (κ1) is 24.1. The summed E-state index contributed by atoms with van der Waals surface area (Å²) in [6.45, 7) is 5.87. The predicted octanol–water partition coefficient (Wildman–Crippen LogP) is 5.04. The van der Waals surface area contributed by atoms with Crippen molar-refractivity contribution in [2.45, 2.75) is 61.2 Å². The third-order valence-corrected chi connectivity index (χ3v) is 7.99. The van der Waals surface area contributed by atoms with Crippen LogP contribution in [0.4, 0.5) is 16.2 Å². The van der Waals surface area contributed by atoms with Crippen LogP contribution in [0.5, 0.6) is 0 Å². The van der Waals surface area contributed by atoms with E-state index in [2.05, 4.69) is 0 Å². The Kier molecular flexibility index (Phi) is 6.33. The van der Waals surface area contributed by atoms with Crippen molar-refractivity contribution in [2.75, 3.05) is 18.0 Å². The zero-order valence-electron chi connectivity index (χ0n) is 18.6. The molecule has 0 radical (unpaired) electrons. The Morgan fingerprint density at radius 1 is 1.06 bits per heavy atom. The van der Waals surface area contributed by atoms with Crippen LogP contribution in [0.2, 0.25) is 10.0 Å². The molecule has 2 aromatic rings. The molecule has 2 aromatic carbocycles. The molecule has 0 aliphatic carbocycles. The van der Waals surface area contributed by atoms with Crippen LogP contribution < -0.4 is 4.90 Å². The van der Waals surface area contributed by atoms with E-state index in [4.69, 9.17) is 27.9 Å². The molecular formula is C23H26Cl2N2O5S. The average molecular weight is 513 g/mol. The van der Waals surface area contributed by atoms with Crippen molar-refractivity contribution in [1.29, 1.82) is 0 Å². The molecular weight excluding hydrogens is 487 g/mol. The van der Waals surface area contributed by atoms with Crippen LogP contribution in [-0.4, -0.2) is 55.4 Å². The fraction of sp³-hybridized carbons (Fsp3) is 0.435. The van der Waals surface area contributed by atoms with Gasteiger partial charge < -0.3 is 19.6 Å². The van der Waals surface area contributed by atoms with Crippen LogP contribution >= 0.6 is 23.2 Å². The molecule has 0 aromatic heterocycles. The van der Waals surface area contributed by atoms with Crippen LogP contribution in [-0.2, 0) is 14.6 Å². The summed E-state index contributed by atoms with van der Waals surface area (Å²) in [5.41, 5.74) is 0.221. The van der Waals surface area contributed by atoms with E-state index in [0.29, 0.717) is 40.8 Å². The van der Waals surface area contributed by atoms with E-state index in [1.165, 1.54) is 17.0 Å². The number of aliphatic hydroxyl groups is 1. The fourth-order valence-electron chi connectivity index (χ4n) is 4.33. The summed E-state index contributed by atoms with van der Waals surface area (Å²) in [5.74, 6) is 0. The smallest absolute Gasteiger partial charge is 0.410 e. The maximum absolute atomic E-state index is 13.4. The summed E-state index contributed by atoms with van der Waals surface area (Å²) in [6, 6.07) is 8.90. The molecule has 2 heterocycles. The maximum Gasteiger partial charge on any atom is 0.410 e. The third kappa shape index (κ3) is 4.67. The number of hydrogen-bond acceptors (Lipinski definition) is 6. The van der Waals surface area contributed by atoms with Gasteiger partial charge in [-0.25, -0.2) is 13.2 Å². The van der Waals surface area contributed by atoms with Gasteiger partial charge in [-0.1, -0.05) is 23.2 Å². The minimum atomic E-state index is -3.87. The van der Waals surface area contributed by atoms with E-state index in [9.17, 15) is 18.3 Å². The molecule has 7 nitrogen and oxygen atoms in total. The van der Waals surface area contributed by atoms with Crippen molar-refractivity contribution in [3.63, 3.8) is 0 Å². The third-order valence-electron chi connectivity index (χ3n) is 5.70. The Labute approximate surface area is 203 Å². The second kappa shape index (κ2) is 8.65. The molecule has 178 valence electrons. The summed E-state index contributed by atoms with van der Waals surface area (Å²) in [7, 11) is -3.87. The quantitative estimate of drug-likeness (QED) is 0.575. The normalized spacial score (nSPS) is 22.2. The first-order valence-corrected chi connectivity index (χ1v) is 12.9. The molecule has 10 heteroatoms. The lowest BCUT2D eigenvalue weighted by Gasteiger charge is -2.40. The molecule has 33 heavy (non-hydrogen) atoms. The Bertz CT molecular complexity index is 1140. The number of rotatable bonds is 1. The van der Waals surface area contributed by atoms with Crippen LogP contribution in [0.1, 0.15) is 33.6 Å². The lowest BCUT2D eigenvalue weighted by molar-refractivity contribution is 0.0163. The van der Waals surface area contributed by atoms with Gasteiger partial charge in [0, 0.05) is 16.6 Å². The van der Waals surface area contributed by atoms with E-state index in [1.54, 1.807) is 45.0 Å². The predicted molar refractivity (Wildman–Crippen MR) is 127 cm³/mol. The van der Waals surface area contributed by atoms with E-state index in [-0.39, 0.29) is 16.3 Å². The van der Waals surface area contributed by atoms with Crippen LogP contribution in [0.15, 0.2) is 46.2 Å². The summed E-state index contributed by atoms with van der Waals surface area (Å²) < 4.78 is 32.2. The molecule has 0 unspecified atom stereocenters. The van der Waals surface area contributed by atoms with E-state index in [0.717, 1.165) is 0 Å². The summed E-state index contributed by atoms with van der Waals surface area (Å²) in [4.78, 5) is 16.1. The topological polar surface area (TPSA) is 87.2 Å². The zero-order valence-corrected chi connectivity index (χ0v) is 20.9. The Morgan fingerprint density at radius 3 is 2.12 bits per heavy atom. The molecule has 1 fully saturated rings. The molecule has 0 bridgehead atoms. The Morgan fingerprint density at radius 2 is 1.61 bits per heavy atom. The van der Waals surface area contributed by atoms with Crippen LogP contribution in [0.25, 0.3) is 0 Å². The molecule has 2 aliphatic rings. The molecule has 2 atom stereocenters. The highest BCUT2D eigenvalue weighted by Gasteiger charge is 2.41. The number of amides is 1. The number of fused-ring (bicyclic) bond motifs is 2. The number of sulfone groups is 1.